The first-order valence-electron chi connectivity index (χ1n) is 6.09. The standard InChI is InChI=1S/C15H14O3/c1-15-7-6-11(9-2-4-10(16)5-3-9)12(14(15)18)8-13(15)17/h2-6,12,16H,7-8H2,1H3. The first-order chi connectivity index (χ1) is 8.52. The molecule has 92 valence electrons. The van der Waals surface area contributed by atoms with Crippen LogP contribution in [0.5, 0.6) is 5.75 Å². The van der Waals surface area contributed by atoms with Gasteiger partial charge in [-0.1, -0.05) is 18.2 Å². The van der Waals surface area contributed by atoms with Crippen molar-refractivity contribution in [2.24, 2.45) is 11.3 Å². The van der Waals surface area contributed by atoms with Crippen LogP contribution in [0.4, 0.5) is 0 Å². The van der Waals surface area contributed by atoms with Crippen molar-refractivity contribution in [1.29, 1.82) is 0 Å². The van der Waals surface area contributed by atoms with Crippen LogP contribution in [0.25, 0.3) is 5.57 Å². The third-order valence-corrected chi connectivity index (χ3v) is 4.17. The van der Waals surface area contributed by atoms with Crippen molar-refractivity contribution in [1.82, 2.24) is 0 Å². The molecule has 1 aromatic rings. The molecule has 2 unspecified atom stereocenters. The molecular formula is C15H14O3. The van der Waals surface area contributed by atoms with E-state index >= 15 is 0 Å². The minimum absolute atomic E-state index is 0.0538. The van der Waals surface area contributed by atoms with Crippen LogP contribution in [0, 0.1) is 11.3 Å². The van der Waals surface area contributed by atoms with E-state index in [9.17, 15) is 14.7 Å². The number of fused-ring (bicyclic) bond motifs is 2. The Morgan fingerprint density at radius 2 is 1.89 bits per heavy atom. The molecule has 1 N–H and O–H groups in total. The van der Waals surface area contributed by atoms with E-state index in [1.807, 2.05) is 6.08 Å². The van der Waals surface area contributed by atoms with Gasteiger partial charge in [-0.15, -0.1) is 0 Å². The first-order valence-corrected chi connectivity index (χ1v) is 6.09. The van der Waals surface area contributed by atoms with Crippen LogP contribution >= 0.6 is 0 Å². The molecule has 0 saturated heterocycles. The summed E-state index contributed by atoms with van der Waals surface area (Å²) < 4.78 is 0. The van der Waals surface area contributed by atoms with Crippen LogP contribution in [0.2, 0.25) is 0 Å². The Morgan fingerprint density at radius 3 is 2.56 bits per heavy atom. The van der Waals surface area contributed by atoms with Gasteiger partial charge in [0, 0.05) is 6.42 Å². The van der Waals surface area contributed by atoms with Gasteiger partial charge < -0.3 is 5.11 Å². The minimum Gasteiger partial charge on any atom is -0.508 e. The number of aromatic hydroxyl groups is 1. The zero-order valence-corrected chi connectivity index (χ0v) is 10.1. The summed E-state index contributed by atoms with van der Waals surface area (Å²) in [6, 6.07) is 6.79. The van der Waals surface area contributed by atoms with Crippen LogP contribution in [0.3, 0.4) is 0 Å². The summed E-state index contributed by atoms with van der Waals surface area (Å²) >= 11 is 0. The lowest BCUT2D eigenvalue weighted by atomic mass is 9.75. The van der Waals surface area contributed by atoms with E-state index in [1.165, 1.54) is 0 Å². The minimum atomic E-state index is -0.787. The van der Waals surface area contributed by atoms with Gasteiger partial charge in [0.2, 0.25) is 0 Å². The molecule has 1 aromatic carbocycles. The quantitative estimate of drug-likeness (QED) is 0.769. The fourth-order valence-corrected chi connectivity index (χ4v) is 2.92. The lowest BCUT2D eigenvalue weighted by Crippen LogP contribution is -2.32. The van der Waals surface area contributed by atoms with Gasteiger partial charge in [0.15, 0.2) is 5.78 Å². The summed E-state index contributed by atoms with van der Waals surface area (Å²) in [5.41, 5.74) is 1.07. The first kappa shape index (κ1) is 11.2. The second kappa shape index (κ2) is 3.55. The van der Waals surface area contributed by atoms with Gasteiger partial charge >= 0.3 is 0 Å². The number of ketones is 2. The molecule has 0 aromatic heterocycles. The Bertz CT molecular complexity index is 568. The van der Waals surface area contributed by atoms with Gasteiger partial charge in [0.25, 0.3) is 0 Å². The zero-order valence-electron chi connectivity index (χ0n) is 10.1. The van der Waals surface area contributed by atoms with Crippen LogP contribution in [0.1, 0.15) is 25.3 Å². The van der Waals surface area contributed by atoms with Crippen molar-refractivity contribution < 1.29 is 14.7 Å². The van der Waals surface area contributed by atoms with E-state index in [1.54, 1.807) is 31.2 Å². The number of hydrogen-bond donors (Lipinski definition) is 1. The molecule has 1 saturated carbocycles. The molecule has 3 rings (SSSR count). The van der Waals surface area contributed by atoms with Gasteiger partial charge in [0.05, 0.1) is 11.3 Å². The van der Waals surface area contributed by atoms with Gasteiger partial charge in [-0.05, 0) is 36.6 Å². The molecule has 2 bridgehead atoms. The Hall–Kier alpha value is -1.90. The van der Waals surface area contributed by atoms with E-state index in [-0.39, 0.29) is 23.2 Å². The summed E-state index contributed by atoms with van der Waals surface area (Å²) in [6.45, 7) is 1.75. The molecule has 3 nitrogen and oxygen atoms in total. The van der Waals surface area contributed by atoms with Gasteiger partial charge in [0.1, 0.15) is 11.5 Å². The molecule has 2 aliphatic rings. The number of carbonyl (C=O) groups excluding carboxylic acids is 2. The predicted octanol–water partition coefficient (Wildman–Crippen LogP) is 2.34. The highest BCUT2D eigenvalue weighted by atomic mass is 16.3. The zero-order chi connectivity index (χ0) is 12.9. The van der Waals surface area contributed by atoms with Crippen molar-refractivity contribution in [2.45, 2.75) is 19.8 Å². The number of phenolic OH excluding ortho intramolecular Hbond substituents is 1. The number of carbonyl (C=O) groups is 2. The lowest BCUT2D eigenvalue weighted by molar-refractivity contribution is -0.134. The molecule has 2 atom stereocenters. The fraction of sp³-hybridized carbons (Fsp3) is 0.333. The molecule has 2 aliphatic carbocycles. The molecule has 1 fully saturated rings. The maximum atomic E-state index is 12.3. The summed E-state index contributed by atoms with van der Waals surface area (Å²) in [7, 11) is 0. The molecular weight excluding hydrogens is 228 g/mol. The SMILES string of the molecule is CC12CC=C(c3ccc(O)cc3)C(CC1=O)C2=O. The maximum Gasteiger partial charge on any atom is 0.154 e. The Kier molecular flexibility index (Phi) is 2.21. The molecule has 0 amide bonds. The summed E-state index contributed by atoms with van der Waals surface area (Å²) in [4.78, 5) is 24.2. The number of rotatable bonds is 1. The van der Waals surface area contributed by atoms with Gasteiger partial charge in [-0.25, -0.2) is 0 Å². The third-order valence-electron chi connectivity index (χ3n) is 4.17. The number of Topliss-reactive ketones (excluding diaryl/α,β-unsaturated/α-hetero) is 2. The van der Waals surface area contributed by atoms with Crippen molar-refractivity contribution in [2.75, 3.05) is 0 Å². The molecule has 0 aliphatic heterocycles. The number of phenols is 1. The van der Waals surface area contributed by atoms with Crippen LogP contribution in [-0.2, 0) is 9.59 Å². The van der Waals surface area contributed by atoms with E-state index in [4.69, 9.17) is 0 Å². The lowest BCUT2D eigenvalue weighted by Gasteiger charge is -2.25. The monoisotopic (exact) mass is 242 g/mol. The maximum absolute atomic E-state index is 12.3. The van der Waals surface area contributed by atoms with Crippen molar-refractivity contribution >= 4 is 17.1 Å². The predicted molar refractivity (Wildman–Crippen MR) is 66.9 cm³/mol. The van der Waals surface area contributed by atoms with Crippen molar-refractivity contribution in [3.8, 4) is 5.75 Å². The summed E-state index contributed by atoms with van der Waals surface area (Å²) in [5.74, 6) is 0.0234. The van der Waals surface area contributed by atoms with Gasteiger partial charge in [-0.3, -0.25) is 9.59 Å². The third kappa shape index (κ3) is 1.37. The Labute approximate surface area is 105 Å². The highest BCUT2D eigenvalue weighted by Gasteiger charge is 2.53. The second-order valence-electron chi connectivity index (χ2n) is 5.29. The van der Waals surface area contributed by atoms with E-state index in [0.29, 0.717) is 12.8 Å². The number of allylic oxidation sites excluding steroid dienone is 2. The van der Waals surface area contributed by atoms with E-state index in [0.717, 1.165) is 11.1 Å². The molecule has 18 heavy (non-hydrogen) atoms. The largest absolute Gasteiger partial charge is 0.508 e. The Balaban J connectivity index is 2.04. The van der Waals surface area contributed by atoms with E-state index < -0.39 is 5.41 Å². The summed E-state index contributed by atoms with van der Waals surface area (Å²) in [6.07, 6.45) is 2.82. The van der Waals surface area contributed by atoms with E-state index in [2.05, 4.69) is 0 Å². The highest BCUT2D eigenvalue weighted by molar-refractivity contribution is 6.19. The molecule has 0 radical (unpaired) electrons. The number of benzene rings is 1. The molecule has 3 heteroatoms. The smallest absolute Gasteiger partial charge is 0.154 e. The normalized spacial score (nSPS) is 30.5. The molecule has 0 heterocycles. The van der Waals surface area contributed by atoms with Crippen molar-refractivity contribution in [3.05, 3.63) is 35.9 Å². The Morgan fingerprint density at radius 1 is 1.22 bits per heavy atom. The van der Waals surface area contributed by atoms with Crippen LogP contribution in [0.15, 0.2) is 30.3 Å². The average Bonchev–Trinajstić information content (AvgIpc) is 2.49. The van der Waals surface area contributed by atoms with Crippen LogP contribution < -0.4 is 0 Å². The second-order valence-corrected chi connectivity index (χ2v) is 5.29. The average molecular weight is 242 g/mol. The highest BCUT2D eigenvalue weighted by Crippen LogP contribution is 2.48. The van der Waals surface area contributed by atoms with Crippen molar-refractivity contribution in [3.63, 3.8) is 0 Å². The van der Waals surface area contributed by atoms with Crippen LogP contribution in [-0.4, -0.2) is 16.7 Å². The number of hydrogen-bond acceptors (Lipinski definition) is 3. The fourth-order valence-electron chi connectivity index (χ4n) is 2.92. The molecule has 0 spiro atoms. The summed E-state index contributed by atoms with van der Waals surface area (Å²) in [5, 5.41) is 9.28. The van der Waals surface area contributed by atoms with Gasteiger partial charge in [-0.2, -0.15) is 0 Å². The topological polar surface area (TPSA) is 54.4 Å².